The predicted molar refractivity (Wildman–Crippen MR) is 217 cm³/mol. The van der Waals surface area contributed by atoms with Gasteiger partial charge in [-0.05, 0) is 56.8 Å². The van der Waals surface area contributed by atoms with Crippen molar-refractivity contribution >= 4 is 32.7 Å². The van der Waals surface area contributed by atoms with Crippen molar-refractivity contribution < 1.29 is 4.42 Å². The number of nitrogens with zero attached hydrogens (tertiary/aromatic N) is 3. The highest BCUT2D eigenvalue weighted by Gasteiger charge is 2.19. The average Bonchev–Trinajstić information content (AvgIpc) is 3.64. The molecule has 0 aliphatic heterocycles. The predicted octanol–water partition coefficient (Wildman–Crippen LogP) is 12.9. The van der Waals surface area contributed by atoms with Gasteiger partial charge in [0, 0.05) is 33.0 Å². The van der Waals surface area contributed by atoms with E-state index >= 15 is 0 Å². The van der Waals surface area contributed by atoms with Gasteiger partial charge in [0.1, 0.15) is 11.2 Å². The van der Waals surface area contributed by atoms with Crippen LogP contribution in [0, 0.1) is 0 Å². The third kappa shape index (κ3) is 5.63. The minimum Gasteiger partial charge on any atom is -0.455 e. The fourth-order valence-electron chi connectivity index (χ4n) is 7.24. The van der Waals surface area contributed by atoms with Crippen molar-refractivity contribution in [1.29, 1.82) is 0 Å². The van der Waals surface area contributed by atoms with Gasteiger partial charge in [-0.2, -0.15) is 0 Å². The summed E-state index contributed by atoms with van der Waals surface area (Å²) < 4.78 is 6.84. The van der Waals surface area contributed by atoms with Gasteiger partial charge in [0.05, 0.1) is 0 Å². The number of furan rings is 1. The highest BCUT2D eigenvalue weighted by atomic mass is 16.3. The fourth-order valence-corrected chi connectivity index (χ4v) is 7.24. The lowest BCUT2D eigenvalue weighted by molar-refractivity contribution is 0.670. The molecule has 0 spiro atoms. The number of fused-ring (bicyclic) bond motifs is 5. The number of benzene rings is 8. The largest absolute Gasteiger partial charge is 0.455 e. The van der Waals surface area contributed by atoms with Crippen LogP contribution < -0.4 is 0 Å². The maximum Gasteiger partial charge on any atom is 0.164 e. The summed E-state index contributed by atoms with van der Waals surface area (Å²) in [5, 5.41) is 4.48. The molecule has 0 aliphatic rings. The van der Waals surface area contributed by atoms with E-state index < -0.39 is 0 Å². The van der Waals surface area contributed by atoms with E-state index in [4.69, 9.17) is 19.4 Å². The summed E-state index contributed by atoms with van der Waals surface area (Å²) in [6.45, 7) is 0. The average molecular weight is 678 g/mol. The van der Waals surface area contributed by atoms with E-state index in [1.165, 1.54) is 27.6 Å². The Morgan fingerprint density at radius 1 is 0.321 bits per heavy atom. The van der Waals surface area contributed by atoms with Gasteiger partial charge in [-0.25, -0.2) is 15.0 Å². The first-order valence-corrected chi connectivity index (χ1v) is 17.8. The van der Waals surface area contributed by atoms with Crippen LogP contribution in [-0.2, 0) is 0 Å². The smallest absolute Gasteiger partial charge is 0.164 e. The maximum absolute atomic E-state index is 6.84. The van der Waals surface area contributed by atoms with Crippen molar-refractivity contribution in [2.24, 2.45) is 0 Å². The molecule has 0 amide bonds. The Hall–Kier alpha value is -7.17. The van der Waals surface area contributed by atoms with Crippen molar-refractivity contribution in [2.75, 3.05) is 0 Å². The summed E-state index contributed by atoms with van der Waals surface area (Å²) in [5.74, 6) is 1.85. The summed E-state index contributed by atoms with van der Waals surface area (Å²) in [5.41, 5.74) is 11.3. The number of rotatable bonds is 6. The molecule has 2 aromatic heterocycles. The zero-order valence-corrected chi connectivity index (χ0v) is 28.6. The SMILES string of the molecule is c1ccc(-c2ccc(-c3ccc(-c4cc5ccccc5c5c4oc4cc(-c6nc(-c7ccccc7)nc(-c7ccccc7)n6)ccc45)cc3)cc2)cc1. The van der Waals surface area contributed by atoms with Gasteiger partial charge in [0.2, 0.25) is 0 Å². The van der Waals surface area contributed by atoms with Gasteiger partial charge in [-0.3, -0.25) is 0 Å². The lowest BCUT2D eigenvalue weighted by Gasteiger charge is -2.09. The minimum atomic E-state index is 0.595. The molecule has 0 N–H and O–H groups in total. The van der Waals surface area contributed by atoms with E-state index in [0.717, 1.165) is 55.1 Å². The summed E-state index contributed by atoms with van der Waals surface area (Å²) in [4.78, 5) is 14.8. The highest BCUT2D eigenvalue weighted by Crippen LogP contribution is 2.42. The minimum absolute atomic E-state index is 0.595. The summed E-state index contributed by atoms with van der Waals surface area (Å²) in [6.07, 6.45) is 0. The second-order valence-electron chi connectivity index (χ2n) is 13.2. The maximum atomic E-state index is 6.84. The molecule has 0 atom stereocenters. The van der Waals surface area contributed by atoms with E-state index in [9.17, 15) is 0 Å². The molecule has 0 bridgehead atoms. The molecule has 0 radical (unpaired) electrons. The molecule has 248 valence electrons. The Labute approximate surface area is 306 Å². The quantitative estimate of drug-likeness (QED) is 0.176. The van der Waals surface area contributed by atoms with Crippen molar-refractivity contribution in [1.82, 2.24) is 15.0 Å². The number of hydrogen-bond acceptors (Lipinski definition) is 4. The van der Waals surface area contributed by atoms with E-state index in [1.807, 2.05) is 66.7 Å². The highest BCUT2D eigenvalue weighted by molar-refractivity contribution is 6.22. The second-order valence-corrected chi connectivity index (χ2v) is 13.2. The van der Waals surface area contributed by atoms with Crippen LogP contribution in [0.25, 0.3) is 100 Å². The Kier molecular flexibility index (Phi) is 7.43. The van der Waals surface area contributed by atoms with E-state index in [1.54, 1.807) is 0 Å². The van der Waals surface area contributed by atoms with Gasteiger partial charge in [0.15, 0.2) is 17.5 Å². The van der Waals surface area contributed by atoms with Gasteiger partial charge < -0.3 is 4.42 Å². The van der Waals surface area contributed by atoms with Crippen LogP contribution in [0.2, 0.25) is 0 Å². The standard InChI is InChI=1S/C49H31N3O/c1-4-12-32(13-5-1)33-20-22-34(23-21-33)35-24-26-36(27-25-35)43-30-39-18-10-11-19-41(39)45-42-29-28-40(31-44(42)53-46(43)45)49-51-47(37-14-6-2-7-15-37)50-48(52-49)38-16-8-3-9-17-38/h1-31H. The van der Waals surface area contributed by atoms with Crippen LogP contribution in [0.15, 0.2) is 192 Å². The molecule has 2 heterocycles. The molecular formula is C49H31N3O. The van der Waals surface area contributed by atoms with E-state index in [2.05, 4.69) is 121 Å². The number of hydrogen-bond donors (Lipinski definition) is 0. The van der Waals surface area contributed by atoms with Crippen LogP contribution in [0.4, 0.5) is 0 Å². The zero-order chi connectivity index (χ0) is 35.1. The Morgan fingerprint density at radius 2 is 0.755 bits per heavy atom. The molecular weight excluding hydrogens is 647 g/mol. The Bertz CT molecular complexity index is 2840. The molecule has 0 fully saturated rings. The molecule has 0 aliphatic carbocycles. The normalized spacial score (nSPS) is 11.4. The van der Waals surface area contributed by atoms with E-state index in [0.29, 0.717) is 17.5 Å². The molecule has 0 unspecified atom stereocenters. The first-order chi connectivity index (χ1) is 26.2. The van der Waals surface area contributed by atoms with Gasteiger partial charge in [-0.1, -0.05) is 170 Å². The molecule has 8 aromatic carbocycles. The van der Waals surface area contributed by atoms with Crippen LogP contribution in [-0.4, -0.2) is 15.0 Å². The topological polar surface area (TPSA) is 51.8 Å². The van der Waals surface area contributed by atoms with E-state index in [-0.39, 0.29) is 0 Å². The Balaban J connectivity index is 1.08. The second kappa shape index (κ2) is 12.9. The third-order valence-corrected chi connectivity index (χ3v) is 9.94. The van der Waals surface area contributed by atoms with Crippen molar-refractivity contribution in [3.8, 4) is 67.5 Å². The van der Waals surface area contributed by atoms with Gasteiger partial charge >= 0.3 is 0 Å². The van der Waals surface area contributed by atoms with Crippen LogP contribution in [0.1, 0.15) is 0 Å². The molecule has 0 saturated heterocycles. The molecule has 10 rings (SSSR count). The summed E-state index contributed by atoms with van der Waals surface area (Å²) in [7, 11) is 0. The van der Waals surface area contributed by atoms with Crippen molar-refractivity contribution in [3.05, 3.63) is 188 Å². The van der Waals surface area contributed by atoms with Gasteiger partial charge in [0.25, 0.3) is 0 Å². The molecule has 4 nitrogen and oxygen atoms in total. The third-order valence-electron chi connectivity index (χ3n) is 9.94. The monoisotopic (exact) mass is 677 g/mol. The lowest BCUT2D eigenvalue weighted by Crippen LogP contribution is -2.00. The van der Waals surface area contributed by atoms with Crippen LogP contribution >= 0.6 is 0 Å². The summed E-state index contributed by atoms with van der Waals surface area (Å²) in [6, 6.07) is 65.2. The van der Waals surface area contributed by atoms with Crippen LogP contribution in [0.5, 0.6) is 0 Å². The fraction of sp³-hybridized carbons (Fsp3) is 0. The molecule has 0 saturated carbocycles. The van der Waals surface area contributed by atoms with Gasteiger partial charge in [-0.15, -0.1) is 0 Å². The summed E-state index contributed by atoms with van der Waals surface area (Å²) >= 11 is 0. The molecule has 53 heavy (non-hydrogen) atoms. The first kappa shape index (κ1) is 30.6. The number of aromatic nitrogens is 3. The molecule has 4 heteroatoms. The zero-order valence-electron chi connectivity index (χ0n) is 28.6. The molecule has 10 aromatic rings. The van der Waals surface area contributed by atoms with Crippen molar-refractivity contribution in [3.63, 3.8) is 0 Å². The Morgan fingerprint density at radius 3 is 1.32 bits per heavy atom. The first-order valence-electron chi connectivity index (χ1n) is 17.8. The van der Waals surface area contributed by atoms with Crippen molar-refractivity contribution in [2.45, 2.75) is 0 Å². The van der Waals surface area contributed by atoms with Crippen LogP contribution in [0.3, 0.4) is 0 Å². The lowest BCUT2D eigenvalue weighted by atomic mass is 9.94.